The summed E-state index contributed by atoms with van der Waals surface area (Å²) in [6, 6.07) is 11.8. The number of nitrogens with two attached hydrogens (primary N) is 1. The van der Waals surface area contributed by atoms with Crippen LogP contribution in [0.25, 0.3) is 0 Å². The maximum absolute atomic E-state index is 12.3. The van der Waals surface area contributed by atoms with Crippen molar-refractivity contribution in [1.29, 1.82) is 0 Å². The minimum Gasteiger partial charge on any atom is -0.449 e. The number of anilines is 2. The minimum atomic E-state index is -1.09. The van der Waals surface area contributed by atoms with Crippen LogP contribution in [0.4, 0.5) is 11.4 Å². The van der Waals surface area contributed by atoms with Crippen molar-refractivity contribution in [3.63, 3.8) is 0 Å². The second-order valence-corrected chi connectivity index (χ2v) is 6.79. The molecule has 1 fully saturated rings. The smallest absolute Gasteiger partial charge is 0.338 e. The fraction of sp³-hybridized carbons (Fsp3) is 0.190. The molecule has 3 rings (SSSR count). The molecule has 10 heteroatoms. The number of hydrogen-bond donors (Lipinski definition) is 3. The summed E-state index contributed by atoms with van der Waals surface area (Å²) >= 11 is 0. The van der Waals surface area contributed by atoms with Crippen LogP contribution in [0.5, 0.6) is 0 Å². The normalized spacial score (nSPS) is 14.4. The van der Waals surface area contributed by atoms with E-state index in [1.165, 1.54) is 55.5 Å². The predicted molar refractivity (Wildman–Crippen MR) is 110 cm³/mol. The molecule has 1 heterocycles. The van der Waals surface area contributed by atoms with Gasteiger partial charge in [0.1, 0.15) is 0 Å². The Bertz CT molecular complexity index is 1030. The van der Waals surface area contributed by atoms with Gasteiger partial charge in [-0.15, -0.1) is 0 Å². The molecule has 1 aliphatic heterocycles. The van der Waals surface area contributed by atoms with Gasteiger partial charge in [-0.2, -0.15) is 0 Å². The van der Waals surface area contributed by atoms with Gasteiger partial charge in [0, 0.05) is 24.1 Å². The molecular formula is C21H20N4O6. The van der Waals surface area contributed by atoms with Crippen molar-refractivity contribution in [2.24, 2.45) is 5.73 Å². The van der Waals surface area contributed by atoms with Crippen LogP contribution in [-0.2, 0) is 19.1 Å². The Labute approximate surface area is 177 Å². The first kappa shape index (κ1) is 21.5. The molecule has 2 aromatic carbocycles. The lowest BCUT2D eigenvalue weighted by atomic mass is 10.1. The number of hydrogen-bond acceptors (Lipinski definition) is 6. The first-order valence-corrected chi connectivity index (χ1v) is 9.39. The minimum absolute atomic E-state index is 0.105. The highest BCUT2D eigenvalue weighted by molar-refractivity contribution is 6.02. The summed E-state index contributed by atoms with van der Waals surface area (Å²) in [7, 11) is 0. The number of rotatable bonds is 6. The van der Waals surface area contributed by atoms with E-state index in [9.17, 15) is 24.0 Å². The van der Waals surface area contributed by atoms with Crippen LogP contribution in [0.2, 0.25) is 0 Å². The topological polar surface area (TPSA) is 148 Å². The van der Waals surface area contributed by atoms with E-state index in [1.807, 2.05) is 0 Å². The molecule has 31 heavy (non-hydrogen) atoms. The first-order chi connectivity index (χ1) is 14.7. The lowest BCUT2D eigenvalue weighted by molar-refractivity contribution is -0.130. The van der Waals surface area contributed by atoms with E-state index >= 15 is 0 Å². The largest absolute Gasteiger partial charge is 0.449 e. The van der Waals surface area contributed by atoms with Crippen molar-refractivity contribution in [2.75, 3.05) is 10.3 Å². The van der Waals surface area contributed by atoms with Gasteiger partial charge < -0.3 is 15.8 Å². The zero-order valence-corrected chi connectivity index (χ0v) is 16.6. The third-order valence-corrected chi connectivity index (χ3v) is 4.50. The van der Waals surface area contributed by atoms with Gasteiger partial charge in [-0.3, -0.25) is 24.6 Å². The van der Waals surface area contributed by atoms with E-state index in [-0.39, 0.29) is 30.2 Å². The summed E-state index contributed by atoms with van der Waals surface area (Å²) in [4.78, 5) is 59.1. The average molecular weight is 424 g/mol. The quantitative estimate of drug-likeness (QED) is 0.592. The van der Waals surface area contributed by atoms with E-state index in [1.54, 1.807) is 0 Å². The van der Waals surface area contributed by atoms with Crippen molar-refractivity contribution in [3.8, 4) is 0 Å². The molecule has 4 amide bonds. The van der Waals surface area contributed by atoms with Crippen LogP contribution < -0.4 is 21.5 Å². The number of carbonyl (C=O) groups is 5. The molecule has 0 radical (unpaired) electrons. The van der Waals surface area contributed by atoms with Gasteiger partial charge in [0.2, 0.25) is 17.7 Å². The number of primary amides is 1. The Morgan fingerprint density at radius 2 is 1.61 bits per heavy atom. The zero-order chi connectivity index (χ0) is 22.5. The van der Waals surface area contributed by atoms with Crippen LogP contribution >= 0.6 is 0 Å². The molecule has 1 atom stereocenters. The standard InChI is InChI=1S/C21H20N4O6/c1-12(20(29)23-15-6-2-13(3-7-15)19(22)28)31-21(30)14-4-8-16(9-5-14)25-18(27)11-10-17(26)24-25/h2-9,12H,10-11H2,1H3,(H2,22,28)(H,23,29)(H,24,26). The zero-order valence-electron chi connectivity index (χ0n) is 16.6. The predicted octanol–water partition coefficient (Wildman–Crippen LogP) is 1.13. The van der Waals surface area contributed by atoms with Crippen molar-refractivity contribution in [2.45, 2.75) is 25.9 Å². The van der Waals surface area contributed by atoms with Crippen molar-refractivity contribution in [3.05, 3.63) is 59.7 Å². The number of ether oxygens (including phenoxy) is 1. The molecule has 0 saturated carbocycles. The van der Waals surface area contributed by atoms with E-state index in [0.717, 1.165) is 5.01 Å². The van der Waals surface area contributed by atoms with Gasteiger partial charge in [-0.1, -0.05) is 0 Å². The SMILES string of the molecule is CC(OC(=O)c1ccc(N2NC(=O)CCC2=O)cc1)C(=O)Nc1ccc(C(N)=O)cc1. The Morgan fingerprint density at radius 1 is 1.00 bits per heavy atom. The van der Waals surface area contributed by atoms with E-state index < -0.39 is 23.9 Å². The molecule has 10 nitrogen and oxygen atoms in total. The number of benzene rings is 2. The second kappa shape index (κ2) is 9.08. The number of amides is 4. The molecule has 1 unspecified atom stereocenters. The summed E-state index contributed by atoms with van der Waals surface area (Å²) in [5, 5.41) is 3.70. The lowest BCUT2D eigenvalue weighted by Gasteiger charge is -2.27. The molecule has 0 aromatic heterocycles. The van der Waals surface area contributed by atoms with Gasteiger partial charge in [0.25, 0.3) is 5.91 Å². The van der Waals surface area contributed by atoms with Crippen LogP contribution in [0.3, 0.4) is 0 Å². The third kappa shape index (κ3) is 5.24. The third-order valence-electron chi connectivity index (χ3n) is 4.50. The molecule has 0 aliphatic carbocycles. The van der Waals surface area contributed by atoms with Gasteiger partial charge >= 0.3 is 5.97 Å². The first-order valence-electron chi connectivity index (χ1n) is 9.39. The lowest BCUT2D eigenvalue weighted by Crippen LogP contribution is -2.50. The summed E-state index contributed by atoms with van der Waals surface area (Å²) in [6.07, 6.45) is -0.853. The molecule has 0 spiro atoms. The number of carbonyl (C=O) groups excluding carboxylic acids is 5. The van der Waals surface area contributed by atoms with Crippen LogP contribution in [0.1, 0.15) is 40.5 Å². The average Bonchev–Trinajstić information content (AvgIpc) is 2.75. The fourth-order valence-electron chi connectivity index (χ4n) is 2.77. The van der Waals surface area contributed by atoms with Gasteiger partial charge in [0.05, 0.1) is 11.3 Å². The summed E-state index contributed by atoms with van der Waals surface area (Å²) in [6.45, 7) is 1.42. The Kier molecular flexibility index (Phi) is 6.29. The molecule has 160 valence electrons. The monoisotopic (exact) mass is 424 g/mol. The van der Waals surface area contributed by atoms with Crippen molar-refractivity contribution < 1.29 is 28.7 Å². The van der Waals surface area contributed by atoms with E-state index in [4.69, 9.17) is 10.5 Å². The Hall–Kier alpha value is -4.21. The fourth-order valence-corrected chi connectivity index (χ4v) is 2.77. The summed E-state index contributed by atoms with van der Waals surface area (Å²) in [5.74, 6) is -2.40. The highest BCUT2D eigenvalue weighted by Gasteiger charge is 2.25. The number of esters is 1. The molecular weight excluding hydrogens is 404 g/mol. The van der Waals surface area contributed by atoms with Gasteiger partial charge in [-0.25, -0.2) is 9.80 Å². The molecule has 4 N–H and O–H groups in total. The van der Waals surface area contributed by atoms with E-state index in [2.05, 4.69) is 10.7 Å². The number of nitrogens with one attached hydrogen (secondary N) is 2. The molecule has 1 saturated heterocycles. The Balaban J connectivity index is 1.58. The molecule has 0 bridgehead atoms. The van der Waals surface area contributed by atoms with Crippen LogP contribution in [0.15, 0.2) is 48.5 Å². The highest BCUT2D eigenvalue weighted by atomic mass is 16.5. The van der Waals surface area contributed by atoms with Crippen molar-refractivity contribution >= 4 is 41.0 Å². The van der Waals surface area contributed by atoms with Gasteiger partial charge in [0.15, 0.2) is 6.10 Å². The maximum Gasteiger partial charge on any atom is 0.338 e. The summed E-state index contributed by atoms with van der Waals surface area (Å²) < 4.78 is 5.18. The molecule has 1 aliphatic rings. The van der Waals surface area contributed by atoms with Crippen molar-refractivity contribution in [1.82, 2.24) is 5.43 Å². The maximum atomic E-state index is 12.3. The highest BCUT2D eigenvalue weighted by Crippen LogP contribution is 2.18. The Morgan fingerprint density at radius 3 is 2.23 bits per heavy atom. The number of nitrogens with zero attached hydrogens (tertiary/aromatic N) is 1. The number of hydrazine groups is 1. The molecule has 2 aromatic rings. The summed E-state index contributed by atoms with van der Waals surface area (Å²) in [5.41, 5.74) is 8.91. The second-order valence-electron chi connectivity index (χ2n) is 6.79. The van der Waals surface area contributed by atoms with Crippen LogP contribution in [0, 0.1) is 0 Å². The van der Waals surface area contributed by atoms with Gasteiger partial charge in [-0.05, 0) is 55.5 Å². The van der Waals surface area contributed by atoms with Crippen LogP contribution in [-0.4, -0.2) is 35.7 Å². The van der Waals surface area contributed by atoms with E-state index in [0.29, 0.717) is 16.9 Å².